The first-order chi connectivity index (χ1) is 11.8. The maximum absolute atomic E-state index is 12.8. The van der Waals surface area contributed by atoms with Gasteiger partial charge in [0.1, 0.15) is 20.9 Å². The molecule has 0 saturated carbocycles. The Labute approximate surface area is 160 Å². The predicted octanol–water partition coefficient (Wildman–Crippen LogP) is 3.80. The number of rotatable bonds is 5. The van der Waals surface area contributed by atoms with Gasteiger partial charge in [0.25, 0.3) is 10.0 Å². The van der Waals surface area contributed by atoms with Gasteiger partial charge in [-0.1, -0.05) is 6.07 Å². The van der Waals surface area contributed by atoms with Crippen molar-refractivity contribution in [2.24, 2.45) is 0 Å². The van der Waals surface area contributed by atoms with Crippen LogP contribution in [0.5, 0.6) is 0 Å². The molecule has 0 amide bonds. The van der Waals surface area contributed by atoms with Crippen LogP contribution in [-0.4, -0.2) is 29.7 Å². The number of thiophene rings is 1. The van der Waals surface area contributed by atoms with E-state index >= 15 is 0 Å². The van der Waals surface area contributed by atoms with E-state index in [9.17, 15) is 13.2 Å². The number of fused-ring (bicyclic) bond motifs is 1. The van der Waals surface area contributed by atoms with E-state index in [1.807, 2.05) is 0 Å². The number of aromatic nitrogens is 2. The van der Waals surface area contributed by atoms with E-state index in [4.69, 9.17) is 4.74 Å². The van der Waals surface area contributed by atoms with E-state index in [-0.39, 0.29) is 22.1 Å². The molecule has 0 aliphatic heterocycles. The summed E-state index contributed by atoms with van der Waals surface area (Å²) >= 11 is 5.39. The van der Waals surface area contributed by atoms with Crippen LogP contribution in [-0.2, 0) is 14.8 Å². The zero-order chi connectivity index (χ0) is 18.2. The average molecular weight is 462 g/mol. The van der Waals surface area contributed by atoms with Crippen molar-refractivity contribution in [1.82, 2.24) is 8.75 Å². The smallest absolute Gasteiger partial charge is 0.341 e. The minimum Gasteiger partial charge on any atom is -0.462 e. The maximum atomic E-state index is 12.8. The molecule has 1 aromatic carbocycles. The number of carbonyl (C=O) groups excluding carboxylic acids is 1. The molecule has 3 rings (SSSR count). The van der Waals surface area contributed by atoms with Crippen molar-refractivity contribution in [2.75, 3.05) is 11.3 Å². The van der Waals surface area contributed by atoms with E-state index in [1.54, 1.807) is 26.0 Å². The highest BCUT2D eigenvalue weighted by Crippen LogP contribution is 2.38. The zero-order valence-corrected chi connectivity index (χ0v) is 17.1. The highest BCUT2D eigenvalue weighted by atomic mass is 79.9. The van der Waals surface area contributed by atoms with Crippen LogP contribution in [0.3, 0.4) is 0 Å². The summed E-state index contributed by atoms with van der Waals surface area (Å²) in [4.78, 5) is 12.2. The molecule has 0 radical (unpaired) electrons. The second-order valence-corrected chi connectivity index (χ2v) is 9.44. The number of carbonyl (C=O) groups is 1. The Morgan fingerprint density at radius 1 is 1.36 bits per heavy atom. The second kappa shape index (κ2) is 6.98. The van der Waals surface area contributed by atoms with Crippen molar-refractivity contribution in [3.8, 4) is 0 Å². The van der Waals surface area contributed by atoms with E-state index in [2.05, 4.69) is 29.4 Å². The molecule has 1 N–H and O–H groups in total. The molecule has 25 heavy (non-hydrogen) atoms. The van der Waals surface area contributed by atoms with Crippen LogP contribution in [0.2, 0.25) is 0 Å². The number of nitrogens with zero attached hydrogens (tertiary/aromatic N) is 2. The molecule has 7 nitrogen and oxygen atoms in total. The van der Waals surface area contributed by atoms with Crippen molar-refractivity contribution in [3.05, 3.63) is 33.1 Å². The van der Waals surface area contributed by atoms with Gasteiger partial charge in [-0.3, -0.25) is 4.72 Å². The number of ether oxygens (including phenoxy) is 1. The van der Waals surface area contributed by atoms with Crippen LogP contribution in [0.1, 0.15) is 22.8 Å². The molecule has 3 aromatic rings. The number of benzene rings is 1. The molecule has 0 spiro atoms. The normalized spacial score (nSPS) is 11.6. The second-order valence-electron chi connectivity index (χ2n) is 4.92. The number of sulfonamides is 1. The number of esters is 1. The summed E-state index contributed by atoms with van der Waals surface area (Å²) in [6.45, 7) is 3.60. The average Bonchev–Trinajstić information content (AvgIpc) is 3.12. The van der Waals surface area contributed by atoms with Crippen LogP contribution < -0.4 is 4.72 Å². The van der Waals surface area contributed by atoms with Crippen LogP contribution in [0.25, 0.3) is 11.0 Å². The lowest BCUT2D eigenvalue weighted by Crippen LogP contribution is -2.16. The Hall–Kier alpha value is -1.56. The lowest BCUT2D eigenvalue weighted by Gasteiger charge is -2.09. The number of anilines is 1. The standard InChI is InChI=1S/C14H12BrN3O4S3/c1-3-22-14(19)10-7(2)12(15)23-13(10)18-25(20,21)9-6-4-5-8-11(9)17-24-16-8/h4-6,18H,3H2,1-2H3. The summed E-state index contributed by atoms with van der Waals surface area (Å²) in [5.41, 5.74) is 1.62. The van der Waals surface area contributed by atoms with Crippen molar-refractivity contribution >= 4 is 71.0 Å². The van der Waals surface area contributed by atoms with Gasteiger partial charge in [0.15, 0.2) is 0 Å². The largest absolute Gasteiger partial charge is 0.462 e. The summed E-state index contributed by atoms with van der Waals surface area (Å²) in [5.74, 6) is -0.576. The van der Waals surface area contributed by atoms with Crippen molar-refractivity contribution in [3.63, 3.8) is 0 Å². The molecule has 0 aliphatic rings. The molecule has 0 atom stereocenters. The third kappa shape index (κ3) is 3.41. The molecule has 0 aliphatic carbocycles. The van der Waals surface area contributed by atoms with E-state index < -0.39 is 16.0 Å². The predicted molar refractivity (Wildman–Crippen MR) is 101 cm³/mol. The first-order valence-electron chi connectivity index (χ1n) is 7.05. The van der Waals surface area contributed by atoms with Crippen LogP contribution >= 0.6 is 39.0 Å². The lowest BCUT2D eigenvalue weighted by molar-refractivity contribution is 0.0527. The Balaban J connectivity index is 2.06. The van der Waals surface area contributed by atoms with Gasteiger partial charge in [-0.05, 0) is 47.5 Å². The monoisotopic (exact) mass is 461 g/mol. The minimum atomic E-state index is -3.95. The molecule has 0 unspecified atom stereocenters. The van der Waals surface area contributed by atoms with Crippen molar-refractivity contribution in [1.29, 1.82) is 0 Å². The van der Waals surface area contributed by atoms with Gasteiger partial charge in [-0.15, -0.1) is 11.3 Å². The fourth-order valence-electron chi connectivity index (χ4n) is 2.18. The summed E-state index contributed by atoms with van der Waals surface area (Å²) in [6.07, 6.45) is 0. The third-order valence-electron chi connectivity index (χ3n) is 3.33. The molecule has 0 fully saturated rings. The number of nitrogens with one attached hydrogen (secondary N) is 1. The van der Waals surface area contributed by atoms with Gasteiger partial charge in [-0.25, -0.2) is 13.2 Å². The number of hydrogen-bond donors (Lipinski definition) is 1. The highest BCUT2D eigenvalue weighted by Gasteiger charge is 2.27. The third-order valence-corrected chi connectivity index (χ3v) is 7.46. The Bertz CT molecular complexity index is 1060. The van der Waals surface area contributed by atoms with Gasteiger partial charge in [0, 0.05) is 0 Å². The van der Waals surface area contributed by atoms with Crippen LogP contribution in [0, 0.1) is 6.92 Å². The van der Waals surface area contributed by atoms with E-state index in [0.29, 0.717) is 20.4 Å². The number of hydrogen-bond acceptors (Lipinski definition) is 8. The molecular weight excluding hydrogens is 450 g/mol. The summed E-state index contributed by atoms with van der Waals surface area (Å²) in [7, 11) is -3.95. The molecular formula is C14H12BrN3O4S3. The SMILES string of the molecule is CCOC(=O)c1c(NS(=O)(=O)c2cccc3nsnc23)sc(Br)c1C. The van der Waals surface area contributed by atoms with E-state index in [0.717, 1.165) is 23.1 Å². The Morgan fingerprint density at radius 2 is 2.12 bits per heavy atom. The van der Waals surface area contributed by atoms with Gasteiger partial charge in [0.05, 0.1) is 27.7 Å². The fourth-order valence-corrected chi connectivity index (χ4v) is 5.86. The van der Waals surface area contributed by atoms with Crippen molar-refractivity contribution in [2.45, 2.75) is 18.7 Å². The van der Waals surface area contributed by atoms with Crippen molar-refractivity contribution < 1.29 is 17.9 Å². The fraction of sp³-hybridized carbons (Fsp3) is 0.214. The Kier molecular flexibility index (Phi) is 5.09. The minimum absolute atomic E-state index is 0.00994. The molecule has 2 heterocycles. The van der Waals surface area contributed by atoms with Gasteiger partial charge in [-0.2, -0.15) is 8.75 Å². The number of halogens is 1. The van der Waals surface area contributed by atoms with E-state index in [1.165, 1.54) is 6.07 Å². The topological polar surface area (TPSA) is 98.2 Å². The van der Waals surface area contributed by atoms with Crippen LogP contribution in [0.15, 0.2) is 26.9 Å². The first-order valence-corrected chi connectivity index (χ1v) is 10.9. The Morgan fingerprint density at radius 3 is 2.84 bits per heavy atom. The summed E-state index contributed by atoms with van der Waals surface area (Å²) in [6, 6.07) is 4.74. The highest BCUT2D eigenvalue weighted by molar-refractivity contribution is 9.11. The molecule has 2 aromatic heterocycles. The quantitative estimate of drug-likeness (QED) is 0.580. The summed E-state index contributed by atoms with van der Waals surface area (Å²) < 4.78 is 41.9. The van der Waals surface area contributed by atoms with Gasteiger partial charge >= 0.3 is 5.97 Å². The molecule has 0 saturated heterocycles. The maximum Gasteiger partial charge on any atom is 0.341 e. The first kappa shape index (κ1) is 18.2. The zero-order valence-electron chi connectivity index (χ0n) is 13.1. The summed E-state index contributed by atoms with van der Waals surface area (Å²) in [5, 5.41) is 0.197. The molecule has 11 heteroatoms. The molecule has 0 bridgehead atoms. The molecule has 132 valence electrons. The van der Waals surface area contributed by atoms with Gasteiger partial charge in [0.2, 0.25) is 0 Å². The van der Waals surface area contributed by atoms with Gasteiger partial charge < -0.3 is 4.74 Å². The van der Waals surface area contributed by atoms with Crippen LogP contribution in [0.4, 0.5) is 5.00 Å². The lowest BCUT2D eigenvalue weighted by atomic mass is 10.2.